The van der Waals surface area contributed by atoms with Crippen LogP contribution in [0.15, 0.2) is 83.9 Å². The number of anilines is 1. The van der Waals surface area contributed by atoms with E-state index in [9.17, 15) is 14.4 Å². The fourth-order valence-corrected chi connectivity index (χ4v) is 3.21. The second-order valence-corrected chi connectivity index (χ2v) is 7.30. The first-order valence-electron chi connectivity index (χ1n) is 10.2. The quantitative estimate of drug-likeness (QED) is 0.438. The smallest absolute Gasteiger partial charge is 0.326 e. The summed E-state index contributed by atoms with van der Waals surface area (Å²) in [6, 6.07) is 21.4. The number of hydrogen-bond donors (Lipinski definition) is 1. The standard InChI is InChI=1S/C25H21N3O5/c1-17-6-5-9-21-24(17)26-16-28(25(21)31)14-23(30)32-15-22(29)27-18-10-12-20(13-11-18)33-19-7-3-2-4-8-19/h2-13,16H,14-15H2,1H3,(H,27,29). The molecular weight excluding hydrogens is 422 g/mol. The van der Waals surface area contributed by atoms with Crippen LogP contribution in [0.25, 0.3) is 10.9 Å². The molecule has 0 atom stereocenters. The molecule has 1 amide bonds. The summed E-state index contributed by atoms with van der Waals surface area (Å²) < 4.78 is 11.9. The van der Waals surface area contributed by atoms with E-state index in [1.165, 1.54) is 6.33 Å². The number of nitrogens with zero attached hydrogens (tertiary/aromatic N) is 2. The Balaban J connectivity index is 1.29. The van der Waals surface area contributed by atoms with Gasteiger partial charge < -0.3 is 14.8 Å². The molecule has 1 N–H and O–H groups in total. The van der Waals surface area contributed by atoms with Crippen LogP contribution in [0.5, 0.6) is 11.5 Å². The lowest BCUT2D eigenvalue weighted by Crippen LogP contribution is -2.28. The number of fused-ring (bicyclic) bond motifs is 1. The van der Waals surface area contributed by atoms with Crippen molar-refractivity contribution >= 4 is 28.5 Å². The number of rotatable bonds is 7. The molecule has 3 aromatic carbocycles. The van der Waals surface area contributed by atoms with E-state index in [0.717, 1.165) is 10.1 Å². The highest BCUT2D eigenvalue weighted by atomic mass is 16.5. The summed E-state index contributed by atoms with van der Waals surface area (Å²) in [7, 11) is 0. The van der Waals surface area contributed by atoms with Crippen LogP contribution in [0.4, 0.5) is 5.69 Å². The van der Waals surface area contributed by atoms with E-state index in [4.69, 9.17) is 9.47 Å². The van der Waals surface area contributed by atoms with E-state index in [0.29, 0.717) is 28.1 Å². The van der Waals surface area contributed by atoms with Crippen LogP contribution in [0.2, 0.25) is 0 Å². The SMILES string of the molecule is Cc1cccc2c(=O)n(CC(=O)OCC(=O)Nc3ccc(Oc4ccccc4)cc3)cnc12. The van der Waals surface area contributed by atoms with E-state index in [-0.39, 0.29) is 12.1 Å². The Hall–Kier alpha value is -4.46. The van der Waals surface area contributed by atoms with Gasteiger partial charge in [0.1, 0.15) is 18.0 Å². The van der Waals surface area contributed by atoms with Crippen molar-refractivity contribution in [1.82, 2.24) is 9.55 Å². The lowest BCUT2D eigenvalue weighted by Gasteiger charge is -2.10. The van der Waals surface area contributed by atoms with Crippen molar-refractivity contribution in [3.05, 3.63) is 95.0 Å². The number of para-hydroxylation sites is 2. The highest BCUT2D eigenvalue weighted by Gasteiger charge is 2.12. The molecule has 0 aliphatic heterocycles. The molecular formula is C25H21N3O5. The average Bonchev–Trinajstić information content (AvgIpc) is 2.82. The number of benzene rings is 3. The van der Waals surface area contributed by atoms with Crippen molar-refractivity contribution in [3.8, 4) is 11.5 Å². The fourth-order valence-electron chi connectivity index (χ4n) is 3.21. The second kappa shape index (κ2) is 9.78. The molecule has 0 saturated carbocycles. The van der Waals surface area contributed by atoms with E-state index < -0.39 is 18.5 Å². The van der Waals surface area contributed by atoms with Crippen LogP contribution in [-0.4, -0.2) is 28.0 Å². The van der Waals surface area contributed by atoms with Gasteiger partial charge in [-0.05, 0) is 55.0 Å². The Bertz CT molecular complexity index is 1350. The normalized spacial score (nSPS) is 10.6. The van der Waals surface area contributed by atoms with Crippen LogP contribution >= 0.6 is 0 Å². The van der Waals surface area contributed by atoms with Crippen molar-refractivity contribution in [2.45, 2.75) is 13.5 Å². The topological polar surface area (TPSA) is 99.5 Å². The molecule has 4 rings (SSSR count). The number of carbonyl (C=O) groups excluding carboxylic acids is 2. The number of amides is 1. The van der Waals surface area contributed by atoms with Gasteiger partial charge in [0.15, 0.2) is 6.61 Å². The summed E-state index contributed by atoms with van der Waals surface area (Å²) in [6.07, 6.45) is 1.30. The predicted octanol–water partition coefficient (Wildman–Crippen LogP) is 3.68. The number of aryl methyl sites for hydroxylation is 1. The zero-order chi connectivity index (χ0) is 23.2. The summed E-state index contributed by atoms with van der Waals surface area (Å²) in [5.74, 6) is 0.111. The maximum Gasteiger partial charge on any atom is 0.326 e. The van der Waals surface area contributed by atoms with E-state index in [2.05, 4.69) is 10.3 Å². The highest BCUT2D eigenvalue weighted by Crippen LogP contribution is 2.22. The van der Waals surface area contributed by atoms with E-state index in [1.54, 1.807) is 36.4 Å². The molecule has 8 nitrogen and oxygen atoms in total. The van der Waals surface area contributed by atoms with Crippen LogP contribution in [0.1, 0.15) is 5.56 Å². The molecule has 8 heteroatoms. The lowest BCUT2D eigenvalue weighted by atomic mass is 10.1. The number of esters is 1. The van der Waals surface area contributed by atoms with E-state index in [1.807, 2.05) is 43.3 Å². The van der Waals surface area contributed by atoms with Gasteiger partial charge in [-0.15, -0.1) is 0 Å². The molecule has 0 fully saturated rings. The molecule has 0 aliphatic rings. The van der Waals surface area contributed by atoms with Crippen molar-refractivity contribution in [3.63, 3.8) is 0 Å². The minimum atomic E-state index is -0.715. The lowest BCUT2D eigenvalue weighted by molar-refractivity contribution is -0.147. The van der Waals surface area contributed by atoms with Gasteiger partial charge in [0.05, 0.1) is 17.2 Å². The van der Waals surface area contributed by atoms with Crippen molar-refractivity contribution in [1.29, 1.82) is 0 Å². The van der Waals surface area contributed by atoms with Crippen LogP contribution < -0.4 is 15.6 Å². The summed E-state index contributed by atoms with van der Waals surface area (Å²) in [6.45, 7) is 1.04. The Kier molecular flexibility index (Phi) is 6.45. The highest BCUT2D eigenvalue weighted by molar-refractivity contribution is 5.92. The summed E-state index contributed by atoms with van der Waals surface area (Å²) in [5.41, 5.74) is 1.65. The predicted molar refractivity (Wildman–Crippen MR) is 123 cm³/mol. The average molecular weight is 443 g/mol. The number of hydrogen-bond acceptors (Lipinski definition) is 6. The number of nitrogens with one attached hydrogen (secondary N) is 1. The third-order valence-corrected chi connectivity index (χ3v) is 4.84. The van der Waals surface area contributed by atoms with Gasteiger partial charge in [0.25, 0.3) is 11.5 Å². The number of ether oxygens (including phenoxy) is 2. The Labute approximate surface area is 189 Å². The first-order valence-corrected chi connectivity index (χ1v) is 10.2. The van der Waals surface area contributed by atoms with Gasteiger partial charge in [-0.1, -0.05) is 30.3 Å². The van der Waals surface area contributed by atoms with Crippen LogP contribution in [-0.2, 0) is 20.9 Å². The van der Waals surface area contributed by atoms with Gasteiger partial charge >= 0.3 is 5.97 Å². The Morgan fingerprint density at radius 1 is 0.939 bits per heavy atom. The first-order chi connectivity index (χ1) is 16.0. The molecule has 33 heavy (non-hydrogen) atoms. The molecule has 0 aliphatic carbocycles. The minimum Gasteiger partial charge on any atom is -0.457 e. The summed E-state index contributed by atoms with van der Waals surface area (Å²) in [4.78, 5) is 41.1. The second-order valence-electron chi connectivity index (χ2n) is 7.30. The maximum atomic E-state index is 12.6. The van der Waals surface area contributed by atoms with Gasteiger partial charge in [-0.3, -0.25) is 19.0 Å². The largest absolute Gasteiger partial charge is 0.457 e. The molecule has 0 radical (unpaired) electrons. The number of carbonyl (C=O) groups is 2. The van der Waals surface area contributed by atoms with Gasteiger partial charge in [-0.2, -0.15) is 0 Å². The molecule has 166 valence electrons. The first kappa shape index (κ1) is 21.8. The molecule has 1 aromatic heterocycles. The zero-order valence-electron chi connectivity index (χ0n) is 17.9. The molecule has 0 bridgehead atoms. The minimum absolute atomic E-state index is 0.339. The van der Waals surface area contributed by atoms with Gasteiger partial charge in [0.2, 0.25) is 0 Å². The van der Waals surface area contributed by atoms with Gasteiger partial charge in [0, 0.05) is 5.69 Å². The molecule has 0 saturated heterocycles. The monoisotopic (exact) mass is 443 g/mol. The number of aromatic nitrogens is 2. The summed E-state index contributed by atoms with van der Waals surface area (Å²) >= 11 is 0. The maximum absolute atomic E-state index is 12.6. The molecule has 1 heterocycles. The van der Waals surface area contributed by atoms with Crippen molar-refractivity contribution < 1.29 is 19.1 Å². The Morgan fingerprint density at radius 2 is 1.67 bits per heavy atom. The summed E-state index contributed by atoms with van der Waals surface area (Å²) in [5, 5.41) is 3.06. The molecule has 0 spiro atoms. The molecule has 4 aromatic rings. The zero-order valence-corrected chi connectivity index (χ0v) is 17.9. The van der Waals surface area contributed by atoms with E-state index >= 15 is 0 Å². The third kappa shape index (κ3) is 5.43. The van der Waals surface area contributed by atoms with Gasteiger partial charge in [-0.25, -0.2) is 4.98 Å². The fraction of sp³-hybridized carbons (Fsp3) is 0.120. The van der Waals surface area contributed by atoms with Crippen LogP contribution in [0, 0.1) is 6.92 Å². The Morgan fingerprint density at radius 3 is 2.42 bits per heavy atom. The third-order valence-electron chi connectivity index (χ3n) is 4.84. The van der Waals surface area contributed by atoms with Crippen molar-refractivity contribution in [2.24, 2.45) is 0 Å². The van der Waals surface area contributed by atoms with Crippen molar-refractivity contribution in [2.75, 3.05) is 11.9 Å². The molecule has 0 unspecified atom stereocenters. The van der Waals surface area contributed by atoms with Crippen LogP contribution in [0.3, 0.4) is 0 Å².